The van der Waals surface area contributed by atoms with Crippen molar-refractivity contribution in [3.8, 4) is 16.9 Å². The third-order valence-electron chi connectivity index (χ3n) is 5.11. The van der Waals surface area contributed by atoms with Gasteiger partial charge < -0.3 is 10.3 Å². The van der Waals surface area contributed by atoms with E-state index >= 15 is 0 Å². The van der Waals surface area contributed by atoms with Crippen LogP contribution >= 0.6 is 11.6 Å². The van der Waals surface area contributed by atoms with Crippen molar-refractivity contribution in [1.29, 1.82) is 0 Å². The fourth-order valence-corrected chi connectivity index (χ4v) is 3.64. The molecule has 0 saturated heterocycles. The molecule has 2 N–H and O–H groups in total. The van der Waals surface area contributed by atoms with Gasteiger partial charge in [-0.15, -0.1) is 5.10 Å². The van der Waals surface area contributed by atoms with E-state index in [1.165, 1.54) is 29.3 Å². The second-order valence-electron chi connectivity index (χ2n) is 6.99. The summed E-state index contributed by atoms with van der Waals surface area (Å²) in [5.41, 5.74) is 9.28. The molecule has 0 aliphatic carbocycles. The molecule has 31 heavy (non-hydrogen) atoms. The molecule has 0 saturated carbocycles. The number of rotatable bonds is 4. The molecule has 0 aliphatic heterocycles. The van der Waals surface area contributed by atoms with Crippen molar-refractivity contribution in [3.63, 3.8) is 0 Å². The number of hydrogen-bond donors (Lipinski definition) is 1. The number of hydrogen-bond acceptors (Lipinski definition) is 6. The maximum atomic E-state index is 14.1. The van der Waals surface area contributed by atoms with E-state index in [1.54, 1.807) is 6.20 Å². The Balaban J connectivity index is 1.62. The van der Waals surface area contributed by atoms with Crippen LogP contribution in [0.5, 0.6) is 0 Å². The fraction of sp³-hybridized carbons (Fsp3) is 0.0952. The van der Waals surface area contributed by atoms with Crippen molar-refractivity contribution in [3.05, 3.63) is 77.8 Å². The Bertz CT molecular complexity index is 1390. The van der Waals surface area contributed by atoms with Crippen LogP contribution in [0, 0.1) is 5.82 Å². The lowest BCUT2D eigenvalue weighted by atomic mass is 10.1. The van der Waals surface area contributed by atoms with Crippen LogP contribution in [-0.2, 0) is 0 Å². The predicted molar refractivity (Wildman–Crippen MR) is 115 cm³/mol. The van der Waals surface area contributed by atoms with Gasteiger partial charge in [0.15, 0.2) is 11.6 Å². The highest BCUT2D eigenvalue weighted by Gasteiger charge is 2.21. The van der Waals surface area contributed by atoms with Gasteiger partial charge in [-0.2, -0.15) is 4.68 Å². The van der Waals surface area contributed by atoms with E-state index in [1.807, 2.05) is 42.0 Å². The molecule has 1 unspecified atom stereocenters. The van der Waals surface area contributed by atoms with Crippen molar-refractivity contribution in [2.24, 2.45) is 0 Å². The third kappa shape index (κ3) is 3.28. The maximum absolute atomic E-state index is 14.1. The van der Waals surface area contributed by atoms with E-state index in [0.29, 0.717) is 22.2 Å². The SMILES string of the molecule is CC(c1cn(-c2ncccc2F)nn1)n1cc(-c2ccc(Cl)cc2)c2c(N)ncnc21. The minimum absolute atomic E-state index is 0.0826. The van der Waals surface area contributed by atoms with E-state index in [-0.39, 0.29) is 11.9 Å². The van der Waals surface area contributed by atoms with Crippen LogP contribution in [-0.4, -0.2) is 34.5 Å². The molecule has 10 heteroatoms. The molecule has 0 bridgehead atoms. The van der Waals surface area contributed by atoms with Crippen molar-refractivity contribution >= 4 is 28.5 Å². The first-order chi connectivity index (χ1) is 15.0. The normalized spacial score (nSPS) is 12.4. The third-order valence-corrected chi connectivity index (χ3v) is 5.36. The highest BCUT2D eigenvalue weighted by atomic mass is 35.5. The summed E-state index contributed by atoms with van der Waals surface area (Å²) in [7, 11) is 0. The van der Waals surface area contributed by atoms with Crippen LogP contribution in [0.4, 0.5) is 10.2 Å². The summed E-state index contributed by atoms with van der Waals surface area (Å²) >= 11 is 6.04. The van der Waals surface area contributed by atoms with Gasteiger partial charge >= 0.3 is 0 Å². The van der Waals surface area contributed by atoms with E-state index in [2.05, 4.69) is 25.3 Å². The van der Waals surface area contributed by atoms with Gasteiger partial charge in [0.1, 0.15) is 23.5 Å². The van der Waals surface area contributed by atoms with Gasteiger partial charge in [-0.1, -0.05) is 28.9 Å². The summed E-state index contributed by atoms with van der Waals surface area (Å²) in [6, 6.07) is 10.0. The van der Waals surface area contributed by atoms with Crippen LogP contribution < -0.4 is 5.73 Å². The second-order valence-corrected chi connectivity index (χ2v) is 7.42. The Kier molecular flexibility index (Phi) is 4.59. The molecule has 4 aromatic heterocycles. The smallest absolute Gasteiger partial charge is 0.191 e. The quantitative estimate of drug-likeness (QED) is 0.458. The van der Waals surface area contributed by atoms with Crippen LogP contribution in [0.3, 0.4) is 0 Å². The van der Waals surface area contributed by atoms with Gasteiger partial charge in [-0.3, -0.25) is 0 Å². The first kappa shape index (κ1) is 19.1. The highest BCUT2D eigenvalue weighted by Crippen LogP contribution is 2.35. The number of fused-ring (bicyclic) bond motifs is 1. The lowest BCUT2D eigenvalue weighted by Gasteiger charge is -2.11. The summed E-state index contributed by atoms with van der Waals surface area (Å²) in [4.78, 5) is 12.6. The van der Waals surface area contributed by atoms with Crippen LogP contribution in [0.1, 0.15) is 18.7 Å². The van der Waals surface area contributed by atoms with E-state index in [0.717, 1.165) is 16.5 Å². The molecule has 154 valence electrons. The standard InChI is InChI=1S/C21H16ClFN8/c1-12(17-10-31(29-28-17)20-16(23)3-2-8-25-20)30-9-15(13-4-6-14(22)7-5-13)18-19(24)26-11-27-21(18)30/h2-12H,1H3,(H2,24,26,27). The number of nitrogens with zero attached hydrogens (tertiary/aromatic N) is 7. The van der Waals surface area contributed by atoms with Crippen LogP contribution in [0.15, 0.2) is 61.3 Å². The Morgan fingerprint density at radius 3 is 2.65 bits per heavy atom. The molecular weight excluding hydrogens is 419 g/mol. The van der Waals surface area contributed by atoms with Gasteiger partial charge in [-0.25, -0.2) is 19.3 Å². The van der Waals surface area contributed by atoms with Crippen molar-refractivity contribution in [2.45, 2.75) is 13.0 Å². The van der Waals surface area contributed by atoms with E-state index in [9.17, 15) is 4.39 Å². The minimum atomic E-state index is -0.483. The van der Waals surface area contributed by atoms with E-state index in [4.69, 9.17) is 17.3 Å². The summed E-state index contributed by atoms with van der Waals surface area (Å²) in [5.74, 6) is -0.0251. The number of halogens is 2. The van der Waals surface area contributed by atoms with Crippen LogP contribution in [0.2, 0.25) is 5.02 Å². The van der Waals surface area contributed by atoms with Crippen molar-refractivity contribution in [2.75, 3.05) is 5.73 Å². The average Bonchev–Trinajstić information content (AvgIpc) is 3.40. The largest absolute Gasteiger partial charge is 0.383 e. The molecule has 5 aromatic rings. The molecule has 0 aliphatic rings. The number of nitrogens with two attached hydrogens (primary N) is 1. The number of anilines is 1. The molecule has 0 radical (unpaired) electrons. The zero-order valence-electron chi connectivity index (χ0n) is 16.3. The molecule has 0 fully saturated rings. The summed E-state index contributed by atoms with van der Waals surface area (Å²) in [6.45, 7) is 1.95. The van der Waals surface area contributed by atoms with E-state index < -0.39 is 5.82 Å². The molecule has 1 aromatic carbocycles. The van der Waals surface area contributed by atoms with Gasteiger partial charge in [0, 0.05) is 23.0 Å². The fourth-order valence-electron chi connectivity index (χ4n) is 3.51. The van der Waals surface area contributed by atoms with Gasteiger partial charge in [0.25, 0.3) is 0 Å². The molecular formula is C21H16ClFN8. The Labute approximate surface area is 181 Å². The van der Waals surface area contributed by atoms with Gasteiger partial charge in [-0.05, 0) is 36.8 Å². The summed E-state index contributed by atoms with van der Waals surface area (Å²) in [5, 5.41) is 9.65. The van der Waals surface area contributed by atoms with Gasteiger partial charge in [0.2, 0.25) is 0 Å². The number of aromatic nitrogens is 7. The maximum Gasteiger partial charge on any atom is 0.191 e. The number of pyridine rings is 1. The Morgan fingerprint density at radius 1 is 1.06 bits per heavy atom. The molecule has 5 rings (SSSR count). The summed E-state index contributed by atoms with van der Waals surface area (Å²) < 4.78 is 17.3. The molecule has 8 nitrogen and oxygen atoms in total. The molecule has 4 heterocycles. The average molecular weight is 435 g/mol. The lowest BCUT2D eigenvalue weighted by molar-refractivity contribution is 0.596. The van der Waals surface area contributed by atoms with Gasteiger partial charge in [0.05, 0.1) is 17.6 Å². The minimum Gasteiger partial charge on any atom is -0.383 e. The zero-order chi connectivity index (χ0) is 21.5. The first-order valence-corrected chi connectivity index (χ1v) is 9.81. The second kappa shape index (κ2) is 7.44. The zero-order valence-corrected chi connectivity index (χ0v) is 17.1. The number of benzene rings is 1. The Morgan fingerprint density at radius 2 is 1.87 bits per heavy atom. The molecule has 0 spiro atoms. The van der Waals surface area contributed by atoms with Crippen molar-refractivity contribution < 1.29 is 4.39 Å². The van der Waals surface area contributed by atoms with Crippen molar-refractivity contribution in [1.82, 2.24) is 34.5 Å². The highest BCUT2D eigenvalue weighted by molar-refractivity contribution is 6.30. The first-order valence-electron chi connectivity index (χ1n) is 9.43. The Hall–Kier alpha value is -3.85. The molecule has 1 atom stereocenters. The summed E-state index contributed by atoms with van der Waals surface area (Å²) in [6.07, 6.45) is 6.52. The predicted octanol–water partition coefficient (Wildman–Crippen LogP) is 4.06. The number of nitrogen functional groups attached to an aromatic ring is 1. The lowest BCUT2D eigenvalue weighted by Crippen LogP contribution is -2.07. The topological polar surface area (TPSA) is 100 Å². The van der Waals surface area contributed by atoms with Crippen LogP contribution in [0.25, 0.3) is 28.0 Å². The molecule has 0 amide bonds. The monoisotopic (exact) mass is 434 g/mol.